The quantitative estimate of drug-likeness (QED) is 0.758. The van der Waals surface area contributed by atoms with Gasteiger partial charge in [0.25, 0.3) is 0 Å². The second kappa shape index (κ2) is 7.32. The second-order valence-corrected chi connectivity index (χ2v) is 9.01. The zero-order chi connectivity index (χ0) is 21.0. The van der Waals surface area contributed by atoms with Gasteiger partial charge in [-0.25, -0.2) is 0 Å². The number of methoxy groups -OCH3 is 1. The Morgan fingerprint density at radius 2 is 2.10 bits per heavy atom. The van der Waals surface area contributed by atoms with E-state index in [4.69, 9.17) is 9.47 Å². The Kier molecular flexibility index (Phi) is 4.87. The normalized spacial score (nSPS) is 37.8. The number of ether oxygens (including phenoxy) is 2. The van der Waals surface area contributed by atoms with Crippen molar-refractivity contribution in [2.24, 2.45) is 17.8 Å². The SMILES string of the molecule is CCO[C@@]12CCN3C[C@@H]4CC[C@@H](O)[C@H](C(=O)OC)[C@H]4C[C@H]3N1c1ccccc1C2=O. The van der Waals surface area contributed by atoms with Crippen LogP contribution in [0.25, 0.3) is 0 Å². The molecule has 0 unspecified atom stereocenters. The van der Waals surface area contributed by atoms with E-state index >= 15 is 0 Å². The predicted octanol–water partition coefficient (Wildman–Crippen LogP) is 2.03. The summed E-state index contributed by atoms with van der Waals surface area (Å²) in [5, 5.41) is 10.6. The van der Waals surface area contributed by atoms with Gasteiger partial charge in [0.1, 0.15) is 0 Å². The maximum absolute atomic E-state index is 13.5. The number of piperidine rings is 1. The molecule has 6 atom stereocenters. The number of hydrogen-bond donors (Lipinski definition) is 1. The topological polar surface area (TPSA) is 79.3 Å². The van der Waals surface area contributed by atoms with E-state index in [1.54, 1.807) is 0 Å². The number of ketones is 1. The smallest absolute Gasteiger partial charge is 0.311 e. The van der Waals surface area contributed by atoms with E-state index < -0.39 is 17.7 Å². The Hall–Kier alpha value is -1.96. The minimum absolute atomic E-state index is 0.0303. The van der Waals surface area contributed by atoms with Gasteiger partial charge in [-0.15, -0.1) is 0 Å². The molecule has 0 amide bonds. The largest absolute Gasteiger partial charge is 0.469 e. The third-order valence-electron chi connectivity index (χ3n) is 7.73. The van der Waals surface area contributed by atoms with E-state index in [1.807, 2.05) is 31.2 Å². The van der Waals surface area contributed by atoms with Crippen LogP contribution in [-0.4, -0.2) is 66.6 Å². The number of anilines is 1. The molecule has 1 aliphatic carbocycles. The van der Waals surface area contributed by atoms with E-state index in [0.29, 0.717) is 37.4 Å². The molecule has 3 aliphatic heterocycles. The van der Waals surface area contributed by atoms with Crippen LogP contribution in [0.4, 0.5) is 5.69 Å². The van der Waals surface area contributed by atoms with Crippen molar-refractivity contribution >= 4 is 17.4 Å². The van der Waals surface area contributed by atoms with Crippen molar-refractivity contribution in [1.29, 1.82) is 0 Å². The van der Waals surface area contributed by atoms with Gasteiger partial charge in [0.15, 0.2) is 0 Å². The fourth-order valence-electron chi connectivity index (χ4n) is 6.48. The van der Waals surface area contributed by atoms with E-state index in [9.17, 15) is 14.7 Å². The number of esters is 1. The van der Waals surface area contributed by atoms with Crippen LogP contribution in [0.15, 0.2) is 24.3 Å². The molecule has 7 nitrogen and oxygen atoms in total. The molecule has 4 aliphatic rings. The molecular formula is C23H30N2O5. The van der Waals surface area contributed by atoms with Crippen LogP contribution in [0.3, 0.4) is 0 Å². The Bertz CT molecular complexity index is 860. The Morgan fingerprint density at radius 1 is 1.30 bits per heavy atom. The Labute approximate surface area is 176 Å². The summed E-state index contributed by atoms with van der Waals surface area (Å²) in [6, 6.07) is 7.74. The molecule has 1 aromatic carbocycles. The molecule has 0 aromatic heterocycles. The first-order valence-corrected chi connectivity index (χ1v) is 11.1. The fourth-order valence-corrected chi connectivity index (χ4v) is 6.48. The van der Waals surface area contributed by atoms with Crippen LogP contribution in [0.2, 0.25) is 0 Å². The lowest BCUT2D eigenvalue weighted by atomic mass is 9.66. The van der Waals surface area contributed by atoms with Gasteiger partial charge >= 0.3 is 5.97 Å². The molecule has 2 saturated heterocycles. The first-order chi connectivity index (χ1) is 14.5. The van der Waals surface area contributed by atoms with Gasteiger partial charge in [-0.3, -0.25) is 14.5 Å². The van der Waals surface area contributed by atoms with Gasteiger partial charge < -0.3 is 19.5 Å². The number of carbonyl (C=O) groups is 2. The summed E-state index contributed by atoms with van der Waals surface area (Å²) >= 11 is 0. The molecule has 3 heterocycles. The first-order valence-electron chi connectivity index (χ1n) is 11.1. The van der Waals surface area contributed by atoms with Crippen molar-refractivity contribution in [2.75, 3.05) is 31.7 Å². The van der Waals surface area contributed by atoms with Crippen LogP contribution in [0.5, 0.6) is 0 Å². The molecule has 5 rings (SSSR count). The molecule has 7 heteroatoms. The van der Waals surface area contributed by atoms with Crippen LogP contribution in [0, 0.1) is 17.8 Å². The van der Waals surface area contributed by atoms with Crippen LogP contribution in [-0.2, 0) is 14.3 Å². The van der Waals surface area contributed by atoms with Gasteiger partial charge in [0.2, 0.25) is 11.5 Å². The van der Waals surface area contributed by atoms with Crippen LogP contribution < -0.4 is 4.90 Å². The van der Waals surface area contributed by atoms with Crippen molar-refractivity contribution in [3.8, 4) is 0 Å². The monoisotopic (exact) mass is 414 g/mol. The highest BCUT2D eigenvalue weighted by Crippen LogP contribution is 2.51. The van der Waals surface area contributed by atoms with Gasteiger partial charge in [-0.1, -0.05) is 12.1 Å². The van der Waals surface area contributed by atoms with Crippen LogP contribution >= 0.6 is 0 Å². The van der Waals surface area contributed by atoms with Crippen LogP contribution in [0.1, 0.15) is 43.0 Å². The molecule has 0 radical (unpaired) electrons. The van der Waals surface area contributed by atoms with Crippen molar-refractivity contribution in [2.45, 2.75) is 50.6 Å². The molecule has 162 valence electrons. The molecular weight excluding hydrogens is 384 g/mol. The average molecular weight is 415 g/mol. The van der Waals surface area contributed by atoms with Gasteiger partial charge in [-0.2, -0.15) is 0 Å². The highest BCUT2D eigenvalue weighted by molar-refractivity contribution is 6.13. The predicted molar refractivity (Wildman–Crippen MR) is 110 cm³/mol. The third-order valence-corrected chi connectivity index (χ3v) is 7.73. The number of Topliss-reactive ketones (excluding diaryl/α,β-unsaturated/α-hetero) is 1. The molecule has 1 saturated carbocycles. The molecule has 3 fully saturated rings. The summed E-state index contributed by atoms with van der Waals surface area (Å²) in [6.07, 6.45) is 2.17. The lowest BCUT2D eigenvalue weighted by Crippen LogP contribution is -2.70. The van der Waals surface area contributed by atoms with E-state index in [0.717, 1.165) is 25.2 Å². The number of para-hydroxylation sites is 1. The van der Waals surface area contributed by atoms with Crippen molar-refractivity contribution in [3.05, 3.63) is 29.8 Å². The highest BCUT2D eigenvalue weighted by Gasteiger charge is 2.60. The molecule has 1 aromatic rings. The number of carbonyl (C=O) groups excluding carboxylic acids is 2. The lowest BCUT2D eigenvalue weighted by molar-refractivity contribution is -0.162. The number of nitrogens with zero attached hydrogens (tertiary/aromatic N) is 2. The fraction of sp³-hybridized carbons (Fsp3) is 0.652. The standard InChI is InChI=1S/C23H30N2O5/c1-3-30-23-10-11-24-13-14-8-9-18(26)20(22(28)29-2)16(14)12-19(24)25(23)17-7-5-4-6-15(17)21(23)27/h4-7,14,16,18-20,26H,3,8-13H2,1-2H3/t14-,16-,18+,19+,20+,23+/m0/s1. The molecule has 30 heavy (non-hydrogen) atoms. The molecule has 0 bridgehead atoms. The van der Waals surface area contributed by atoms with E-state index in [-0.39, 0.29) is 23.8 Å². The zero-order valence-electron chi connectivity index (χ0n) is 17.6. The minimum atomic E-state index is -0.972. The zero-order valence-corrected chi connectivity index (χ0v) is 17.6. The second-order valence-electron chi connectivity index (χ2n) is 9.01. The Balaban J connectivity index is 1.55. The number of fused-ring (bicyclic) bond motifs is 6. The molecule has 0 spiro atoms. The Morgan fingerprint density at radius 3 is 2.87 bits per heavy atom. The minimum Gasteiger partial charge on any atom is -0.469 e. The third kappa shape index (κ3) is 2.68. The maximum Gasteiger partial charge on any atom is 0.311 e. The van der Waals surface area contributed by atoms with Gasteiger partial charge in [0.05, 0.1) is 31.0 Å². The van der Waals surface area contributed by atoms with E-state index in [2.05, 4.69) is 9.80 Å². The number of aliphatic hydroxyl groups excluding tert-OH is 1. The highest BCUT2D eigenvalue weighted by atomic mass is 16.5. The lowest BCUT2D eigenvalue weighted by Gasteiger charge is -2.58. The van der Waals surface area contributed by atoms with Crippen molar-refractivity contribution < 1.29 is 24.2 Å². The molecule has 1 N–H and O–H groups in total. The van der Waals surface area contributed by atoms with Crippen molar-refractivity contribution in [1.82, 2.24) is 4.90 Å². The first kappa shape index (κ1) is 20.0. The van der Waals surface area contributed by atoms with Crippen molar-refractivity contribution in [3.63, 3.8) is 0 Å². The summed E-state index contributed by atoms with van der Waals surface area (Å²) in [4.78, 5) is 30.6. The number of aliphatic hydroxyl groups is 1. The number of rotatable bonds is 3. The average Bonchev–Trinajstić information content (AvgIpc) is 3.01. The van der Waals surface area contributed by atoms with E-state index in [1.165, 1.54) is 7.11 Å². The number of benzene rings is 1. The summed E-state index contributed by atoms with van der Waals surface area (Å²) in [5.74, 6) is -0.414. The summed E-state index contributed by atoms with van der Waals surface area (Å²) in [5.41, 5.74) is 0.652. The summed E-state index contributed by atoms with van der Waals surface area (Å²) in [7, 11) is 1.39. The maximum atomic E-state index is 13.5. The number of hydrogen-bond acceptors (Lipinski definition) is 7. The van der Waals surface area contributed by atoms with Gasteiger partial charge in [0, 0.05) is 31.7 Å². The summed E-state index contributed by atoms with van der Waals surface area (Å²) < 4.78 is 11.3. The summed E-state index contributed by atoms with van der Waals surface area (Å²) in [6.45, 7) is 4.04. The van der Waals surface area contributed by atoms with Gasteiger partial charge in [-0.05, 0) is 50.2 Å².